The van der Waals surface area contributed by atoms with Gasteiger partial charge in [-0.15, -0.1) is 24.8 Å². The lowest BCUT2D eigenvalue weighted by molar-refractivity contribution is -0.122. The first-order valence-electron chi connectivity index (χ1n) is 8.24. The van der Waals surface area contributed by atoms with Gasteiger partial charge in [0.15, 0.2) is 0 Å². The maximum atomic E-state index is 12.0. The van der Waals surface area contributed by atoms with Gasteiger partial charge in [-0.25, -0.2) is 0 Å². The summed E-state index contributed by atoms with van der Waals surface area (Å²) in [6.45, 7) is 0.564. The fourth-order valence-electron chi connectivity index (χ4n) is 3.18. The summed E-state index contributed by atoms with van der Waals surface area (Å²) in [5, 5.41) is 3.00. The van der Waals surface area contributed by atoms with Gasteiger partial charge in [-0.1, -0.05) is 36.8 Å². The second kappa shape index (κ2) is 10.4. The van der Waals surface area contributed by atoms with Crippen LogP contribution in [0.4, 0.5) is 0 Å². The number of halogens is 2. The van der Waals surface area contributed by atoms with Gasteiger partial charge in [-0.2, -0.15) is 0 Å². The van der Waals surface area contributed by atoms with Crippen molar-refractivity contribution in [2.24, 2.45) is 11.7 Å². The average Bonchev–Trinajstić information content (AvgIpc) is 2.99. The standard InChI is InChI=1S/C19H23N3O.2ClH/c20-18-5-1-3-16(18)11-19(23)22-12-14-6-8-15(9-7-14)17-4-2-10-21-13-17;;/h2,4,6-10,13,16,18H,1,3,5,11-12,20H2,(H,22,23);2*1H/t16-,18+;;/m0../s1. The number of pyridine rings is 1. The van der Waals surface area contributed by atoms with E-state index >= 15 is 0 Å². The summed E-state index contributed by atoms with van der Waals surface area (Å²) in [4.78, 5) is 16.2. The maximum Gasteiger partial charge on any atom is 0.220 e. The molecule has 0 unspecified atom stereocenters. The van der Waals surface area contributed by atoms with Gasteiger partial charge in [-0.3, -0.25) is 9.78 Å². The van der Waals surface area contributed by atoms with Gasteiger partial charge in [0.05, 0.1) is 0 Å². The first-order chi connectivity index (χ1) is 11.2. The van der Waals surface area contributed by atoms with Crippen molar-refractivity contribution in [3.05, 3.63) is 54.4 Å². The summed E-state index contributed by atoms with van der Waals surface area (Å²) in [5.74, 6) is 0.451. The number of hydrogen-bond acceptors (Lipinski definition) is 3. The van der Waals surface area contributed by atoms with E-state index in [9.17, 15) is 4.79 Å². The van der Waals surface area contributed by atoms with Crippen LogP contribution in [0.1, 0.15) is 31.2 Å². The fraction of sp³-hybridized carbons (Fsp3) is 0.368. The molecule has 25 heavy (non-hydrogen) atoms. The third kappa shape index (κ3) is 5.99. The van der Waals surface area contributed by atoms with Crippen LogP contribution >= 0.6 is 24.8 Å². The number of amides is 1. The van der Waals surface area contributed by atoms with Crippen molar-refractivity contribution < 1.29 is 4.79 Å². The second-order valence-electron chi connectivity index (χ2n) is 6.27. The van der Waals surface area contributed by atoms with Crippen LogP contribution < -0.4 is 11.1 Å². The topological polar surface area (TPSA) is 68.0 Å². The molecule has 0 saturated heterocycles. The van der Waals surface area contributed by atoms with Crippen LogP contribution in [0.3, 0.4) is 0 Å². The first kappa shape index (κ1) is 21.4. The number of aromatic nitrogens is 1. The summed E-state index contributed by atoms with van der Waals surface area (Å²) in [6, 6.07) is 12.4. The lowest BCUT2D eigenvalue weighted by Gasteiger charge is -2.14. The highest BCUT2D eigenvalue weighted by atomic mass is 35.5. The van der Waals surface area contributed by atoms with E-state index in [4.69, 9.17) is 5.73 Å². The Kier molecular flexibility index (Phi) is 8.90. The third-order valence-electron chi connectivity index (χ3n) is 4.60. The predicted molar refractivity (Wildman–Crippen MR) is 106 cm³/mol. The molecule has 3 rings (SSSR count). The average molecular weight is 382 g/mol. The van der Waals surface area contributed by atoms with Crippen LogP contribution in [0.2, 0.25) is 0 Å². The molecule has 2 aromatic rings. The van der Waals surface area contributed by atoms with Crippen molar-refractivity contribution in [3.63, 3.8) is 0 Å². The molecular formula is C19H25Cl2N3O. The molecule has 4 nitrogen and oxygen atoms in total. The molecule has 0 bridgehead atoms. The molecule has 1 saturated carbocycles. The van der Waals surface area contributed by atoms with E-state index in [-0.39, 0.29) is 36.8 Å². The zero-order valence-electron chi connectivity index (χ0n) is 14.1. The molecule has 6 heteroatoms. The third-order valence-corrected chi connectivity index (χ3v) is 4.60. The van der Waals surface area contributed by atoms with E-state index in [2.05, 4.69) is 22.4 Å². The Hall–Kier alpha value is -1.62. The normalized spacial score (nSPS) is 18.8. The zero-order chi connectivity index (χ0) is 16.1. The van der Waals surface area contributed by atoms with Gasteiger partial charge in [0.25, 0.3) is 0 Å². The van der Waals surface area contributed by atoms with Crippen molar-refractivity contribution in [2.45, 2.75) is 38.3 Å². The molecule has 3 N–H and O–H groups in total. The maximum absolute atomic E-state index is 12.0. The molecule has 2 atom stereocenters. The van der Waals surface area contributed by atoms with Gasteiger partial charge in [0.2, 0.25) is 5.91 Å². The second-order valence-corrected chi connectivity index (χ2v) is 6.27. The summed E-state index contributed by atoms with van der Waals surface area (Å²) < 4.78 is 0. The highest BCUT2D eigenvalue weighted by Crippen LogP contribution is 2.26. The van der Waals surface area contributed by atoms with Gasteiger partial charge in [-0.05, 0) is 41.5 Å². The highest BCUT2D eigenvalue weighted by Gasteiger charge is 2.25. The van der Waals surface area contributed by atoms with Gasteiger partial charge in [0.1, 0.15) is 0 Å². The van der Waals surface area contributed by atoms with Crippen molar-refractivity contribution >= 4 is 30.7 Å². The van der Waals surface area contributed by atoms with E-state index in [0.29, 0.717) is 18.9 Å². The molecule has 1 fully saturated rings. The summed E-state index contributed by atoms with van der Waals surface area (Å²) in [7, 11) is 0. The van der Waals surface area contributed by atoms with E-state index in [1.54, 1.807) is 6.20 Å². The van der Waals surface area contributed by atoms with Crippen LogP contribution in [0.5, 0.6) is 0 Å². The van der Waals surface area contributed by atoms with Crippen molar-refractivity contribution in [2.75, 3.05) is 0 Å². The zero-order valence-corrected chi connectivity index (χ0v) is 15.7. The molecule has 0 spiro atoms. The number of nitrogens with zero attached hydrogens (tertiary/aromatic N) is 1. The Morgan fingerprint density at radius 1 is 1.12 bits per heavy atom. The van der Waals surface area contributed by atoms with E-state index in [0.717, 1.165) is 36.0 Å². The first-order valence-corrected chi connectivity index (χ1v) is 8.24. The smallest absolute Gasteiger partial charge is 0.220 e. The SMILES string of the molecule is Cl.Cl.N[C@@H]1CCC[C@H]1CC(=O)NCc1ccc(-c2cccnc2)cc1. The van der Waals surface area contributed by atoms with Crippen LogP contribution in [0, 0.1) is 5.92 Å². The summed E-state index contributed by atoms with van der Waals surface area (Å²) in [6.07, 6.45) is 7.44. The molecule has 0 aliphatic heterocycles. The number of carbonyl (C=O) groups excluding carboxylic acids is 1. The molecular weight excluding hydrogens is 357 g/mol. The van der Waals surface area contributed by atoms with Crippen LogP contribution in [-0.4, -0.2) is 16.9 Å². The lowest BCUT2D eigenvalue weighted by atomic mass is 10.00. The van der Waals surface area contributed by atoms with Crippen LogP contribution in [-0.2, 0) is 11.3 Å². The van der Waals surface area contributed by atoms with Gasteiger partial charge < -0.3 is 11.1 Å². The van der Waals surface area contributed by atoms with E-state index in [1.165, 1.54) is 0 Å². The Bertz CT molecular complexity index is 649. The molecule has 1 aliphatic carbocycles. The van der Waals surface area contributed by atoms with Crippen molar-refractivity contribution in [3.8, 4) is 11.1 Å². The molecule has 1 amide bonds. The Labute approximate surface area is 161 Å². The van der Waals surface area contributed by atoms with Crippen molar-refractivity contribution in [1.29, 1.82) is 0 Å². The number of benzene rings is 1. The minimum absolute atomic E-state index is 0. The monoisotopic (exact) mass is 381 g/mol. The summed E-state index contributed by atoms with van der Waals surface area (Å²) >= 11 is 0. The number of hydrogen-bond donors (Lipinski definition) is 2. The van der Waals surface area contributed by atoms with Crippen LogP contribution in [0.15, 0.2) is 48.8 Å². The fourth-order valence-corrected chi connectivity index (χ4v) is 3.18. The highest BCUT2D eigenvalue weighted by molar-refractivity contribution is 5.85. The largest absolute Gasteiger partial charge is 0.352 e. The number of rotatable bonds is 5. The Morgan fingerprint density at radius 2 is 1.88 bits per heavy atom. The number of nitrogens with two attached hydrogens (primary N) is 1. The predicted octanol–water partition coefficient (Wildman–Crippen LogP) is 3.73. The molecule has 1 aromatic carbocycles. The number of nitrogens with one attached hydrogen (secondary N) is 1. The summed E-state index contributed by atoms with van der Waals surface area (Å²) in [5.41, 5.74) is 9.35. The minimum Gasteiger partial charge on any atom is -0.352 e. The minimum atomic E-state index is 0. The molecule has 1 heterocycles. The molecule has 0 radical (unpaired) electrons. The quantitative estimate of drug-likeness (QED) is 0.828. The van der Waals surface area contributed by atoms with Crippen LogP contribution in [0.25, 0.3) is 11.1 Å². The number of carbonyl (C=O) groups is 1. The van der Waals surface area contributed by atoms with Gasteiger partial charge >= 0.3 is 0 Å². The van der Waals surface area contributed by atoms with Crippen molar-refractivity contribution in [1.82, 2.24) is 10.3 Å². The Morgan fingerprint density at radius 3 is 2.48 bits per heavy atom. The van der Waals surface area contributed by atoms with E-state index in [1.807, 2.05) is 30.5 Å². The molecule has 136 valence electrons. The molecule has 1 aromatic heterocycles. The Balaban J connectivity index is 0.00000156. The lowest BCUT2D eigenvalue weighted by Crippen LogP contribution is -2.31. The molecule has 1 aliphatic rings. The van der Waals surface area contributed by atoms with E-state index < -0.39 is 0 Å². The van der Waals surface area contributed by atoms with Gasteiger partial charge in [0, 0.05) is 31.4 Å².